The Hall–Kier alpha value is -1.22. The highest BCUT2D eigenvalue weighted by Gasteiger charge is 2.30. The Morgan fingerprint density at radius 1 is 1.11 bits per heavy atom. The molecule has 2 N–H and O–H groups in total. The standard InChI is InChI=1S/C15H22O3/c1-2-3-4-5-6-7-8-11(16)14-12(17)9-10-13-15(14)18-13/h9-11,16-17H,2-8H2,1H3. The fraction of sp³-hybridized carbons (Fsp3) is 0.600. The molecule has 1 aliphatic heterocycles. The maximum atomic E-state index is 10.1. The van der Waals surface area contributed by atoms with Gasteiger partial charge in [0.1, 0.15) is 5.75 Å². The lowest BCUT2D eigenvalue weighted by molar-refractivity contribution is 0.159. The first-order chi connectivity index (χ1) is 8.74. The Labute approximate surface area is 108 Å². The van der Waals surface area contributed by atoms with E-state index < -0.39 is 6.10 Å². The zero-order valence-electron chi connectivity index (χ0n) is 11.0. The van der Waals surface area contributed by atoms with Crippen LogP contribution in [0.15, 0.2) is 12.1 Å². The Balaban J connectivity index is 1.74. The number of rotatable bonds is 8. The summed E-state index contributed by atoms with van der Waals surface area (Å²) in [5.74, 6) is 1.60. The number of hydrogen-bond donors (Lipinski definition) is 2. The molecule has 2 rings (SSSR count). The molecule has 100 valence electrons. The van der Waals surface area contributed by atoms with Gasteiger partial charge >= 0.3 is 0 Å². The minimum absolute atomic E-state index is 0.143. The summed E-state index contributed by atoms with van der Waals surface area (Å²) in [6, 6.07) is 3.32. The number of phenolic OH excluding ortho intramolecular Hbond substituents is 1. The maximum Gasteiger partial charge on any atom is 0.179 e. The van der Waals surface area contributed by atoms with Gasteiger partial charge in [0.15, 0.2) is 11.5 Å². The second-order valence-electron chi connectivity index (χ2n) is 5.00. The van der Waals surface area contributed by atoms with Crippen molar-refractivity contribution in [3.05, 3.63) is 17.7 Å². The van der Waals surface area contributed by atoms with Crippen LogP contribution in [0.1, 0.15) is 63.5 Å². The van der Waals surface area contributed by atoms with Crippen molar-refractivity contribution in [2.24, 2.45) is 0 Å². The maximum absolute atomic E-state index is 10.1. The number of fused-ring (bicyclic) bond motifs is 1. The van der Waals surface area contributed by atoms with E-state index in [1.54, 1.807) is 12.1 Å². The molecule has 1 unspecified atom stereocenters. The van der Waals surface area contributed by atoms with Crippen LogP contribution < -0.4 is 4.74 Å². The molecule has 3 heteroatoms. The van der Waals surface area contributed by atoms with E-state index in [-0.39, 0.29) is 5.75 Å². The van der Waals surface area contributed by atoms with Crippen molar-refractivity contribution in [3.63, 3.8) is 0 Å². The predicted octanol–water partition coefficient (Wildman–Crippen LogP) is 4.28. The summed E-state index contributed by atoms with van der Waals surface area (Å²) in [7, 11) is 0. The molecule has 0 spiro atoms. The summed E-state index contributed by atoms with van der Waals surface area (Å²) in [5.41, 5.74) is 0.570. The minimum Gasteiger partial charge on any atom is -0.507 e. The van der Waals surface area contributed by atoms with Crippen molar-refractivity contribution in [1.82, 2.24) is 0 Å². The Morgan fingerprint density at radius 2 is 1.83 bits per heavy atom. The number of benzene rings is 1. The molecule has 1 aromatic carbocycles. The molecule has 1 heterocycles. The fourth-order valence-electron chi connectivity index (χ4n) is 2.33. The van der Waals surface area contributed by atoms with E-state index in [0.717, 1.165) is 18.6 Å². The van der Waals surface area contributed by atoms with E-state index in [9.17, 15) is 10.2 Å². The van der Waals surface area contributed by atoms with E-state index in [0.29, 0.717) is 17.7 Å². The van der Waals surface area contributed by atoms with Crippen molar-refractivity contribution in [1.29, 1.82) is 0 Å². The van der Waals surface area contributed by atoms with E-state index >= 15 is 0 Å². The van der Waals surface area contributed by atoms with Crippen LogP contribution in [0.25, 0.3) is 0 Å². The molecular weight excluding hydrogens is 228 g/mol. The average Bonchev–Trinajstić information content (AvgIpc) is 3.12. The molecule has 18 heavy (non-hydrogen) atoms. The fourth-order valence-corrected chi connectivity index (χ4v) is 2.33. The quantitative estimate of drug-likeness (QED) is 0.543. The van der Waals surface area contributed by atoms with Gasteiger partial charge in [-0.15, -0.1) is 0 Å². The van der Waals surface area contributed by atoms with Crippen molar-refractivity contribution in [2.45, 2.75) is 58.0 Å². The van der Waals surface area contributed by atoms with Gasteiger partial charge in [0.2, 0.25) is 0 Å². The van der Waals surface area contributed by atoms with E-state index in [4.69, 9.17) is 4.74 Å². The monoisotopic (exact) mass is 250 g/mol. The molecule has 1 aromatic rings. The number of hydrogen-bond acceptors (Lipinski definition) is 3. The molecule has 0 aliphatic carbocycles. The summed E-state index contributed by atoms with van der Waals surface area (Å²) < 4.78 is 5.21. The van der Waals surface area contributed by atoms with Crippen LogP contribution in [0.4, 0.5) is 0 Å². The van der Waals surface area contributed by atoms with Gasteiger partial charge in [0, 0.05) is 0 Å². The van der Waals surface area contributed by atoms with Gasteiger partial charge in [-0.3, -0.25) is 0 Å². The summed E-state index contributed by atoms with van der Waals surface area (Å²) in [5, 5.41) is 19.8. The van der Waals surface area contributed by atoms with Crippen molar-refractivity contribution in [3.8, 4) is 17.2 Å². The summed E-state index contributed by atoms with van der Waals surface area (Å²) in [6.45, 7) is 2.20. The van der Waals surface area contributed by atoms with Crippen LogP contribution in [0.5, 0.6) is 17.2 Å². The van der Waals surface area contributed by atoms with Crippen LogP contribution in [-0.4, -0.2) is 10.2 Å². The molecule has 0 amide bonds. The highest BCUT2D eigenvalue weighted by atomic mass is 16.6. The predicted molar refractivity (Wildman–Crippen MR) is 71.1 cm³/mol. The lowest BCUT2D eigenvalue weighted by Crippen LogP contribution is -1.96. The third-order valence-electron chi connectivity index (χ3n) is 3.47. The second-order valence-corrected chi connectivity index (χ2v) is 5.00. The van der Waals surface area contributed by atoms with Crippen LogP contribution in [-0.2, 0) is 0 Å². The number of aromatic hydroxyl groups is 1. The Kier molecular flexibility index (Phi) is 4.48. The lowest BCUT2D eigenvalue weighted by atomic mass is 10.0. The van der Waals surface area contributed by atoms with E-state index in [1.165, 1.54) is 25.7 Å². The lowest BCUT2D eigenvalue weighted by Gasteiger charge is -2.10. The molecule has 0 saturated carbocycles. The largest absolute Gasteiger partial charge is 0.507 e. The summed E-state index contributed by atoms with van der Waals surface area (Å²) in [4.78, 5) is 0. The van der Waals surface area contributed by atoms with Crippen molar-refractivity contribution in [2.75, 3.05) is 0 Å². The number of aliphatic hydroxyl groups excluding tert-OH is 1. The Morgan fingerprint density at radius 3 is 2.61 bits per heavy atom. The molecule has 3 nitrogen and oxygen atoms in total. The molecule has 0 saturated heterocycles. The van der Waals surface area contributed by atoms with Gasteiger partial charge in [0.05, 0.1) is 11.7 Å². The van der Waals surface area contributed by atoms with Gasteiger partial charge in [-0.25, -0.2) is 0 Å². The first-order valence-electron chi connectivity index (χ1n) is 6.95. The molecule has 0 radical (unpaired) electrons. The highest BCUT2D eigenvalue weighted by molar-refractivity contribution is 5.64. The van der Waals surface area contributed by atoms with Gasteiger partial charge in [-0.2, -0.15) is 0 Å². The Bertz CT molecular complexity index is 397. The second kappa shape index (κ2) is 6.10. The molecular formula is C15H22O3. The number of phenols is 1. The molecule has 0 aromatic heterocycles. The SMILES string of the molecule is CCCCCCCCC(O)c1c(O)ccc2c1O2. The minimum atomic E-state index is -0.603. The third-order valence-corrected chi connectivity index (χ3v) is 3.47. The normalized spacial score (nSPS) is 13.9. The summed E-state index contributed by atoms with van der Waals surface area (Å²) in [6.07, 6.45) is 7.29. The van der Waals surface area contributed by atoms with Crippen molar-refractivity contribution >= 4 is 0 Å². The third kappa shape index (κ3) is 3.16. The van der Waals surface area contributed by atoms with Gasteiger partial charge in [-0.05, 0) is 18.6 Å². The molecule has 0 fully saturated rings. The number of aliphatic hydroxyl groups is 1. The van der Waals surface area contributed by atoms with E-state index in [1.807, 2.05) is 0 Å². The van der Waals surface area contributed by atoms with Gasteiger partial charge < -0.3 is 14.9 Å². The van der Waals surface area contributed by atoms with Crippen LogP contribution in [0, 0.1) is 0 Å². The first kappa shape index (κ1) is 13.2. The number of ether oxygens (including phenoxy) is 1. The van der Waals surface area contributed by atoms with E-state index in [2.05, 4.69) is 6.92 Å². The molecule has 1 atom stereocenters. The highest BCUT2D eigenvalue weighted by Crippen LogP contribution is 2.53. The summed E-state index contributed by atoms with van der Waals surface area (Å²) >= 11 is 0. The molecule has 0 bridgehead atoms. The number of unbranched alkanes of at least 4 members (excludes halogenated alkanes) is 5. The van der Waals surface area contributed by atoms with Crippen LogP contribution in [0.2, 0.25) is 0 Å². The zero-order chi connectivity index (χ0) is 13.0. The zero-order valence-corrected chi connectivity index (χ0v) is 11.0. The smallest absolute Gasteiger partial charge is 0.179 e. The van der Waals surface area contributed by atoms with Crippen molar-refractivity contribution < 1.29 is 14.9 Å². The molecule has 1 aliphatic rings. The van der Waals surface area contributed by atoms with Gasteiger partial charge in [0.25, 0.3) is 0 Å². The first-order valence-corrected chi connectivity index (χ1v) is 6.95. The van der Waals surface area contributed by atoms with Crippen LogP contribution in [0.3, 0.4) is 0 Å². The van der Waals surface area contributed by atoms with Crippen LogP contribution >= 0.6 is 0 Å². The average molecular weight is 250 g/mol. The van der Waals surface area contributed by atoms with Gasteiger partial charge in [-0.1, -0.05) is 45.4 Å². The topological polar surface area (TPSA) is 53.0 Å².